The van der Waals surface area contributed by atoms with Gasteiger partial charge < -0.3 is 10.1 Å². The Morgan fingerprint density at radius 1 is 1.21 bits per heavy atom. The summed E-state index contributed by atoms with van der Waals surface area (Å²) < 4.78 is 69.4. The Bertz CT molecular complexity index is 777. The average molecular weight is 441 g/mol. The van der Waals surface area contributed by atoms with Crippen molar-refractivity contribution in [1.29, 1.82) is 0 Å². The Kier molecular flexibility index (Phi) is 8.02. The maximum Gasteiger partial charge on any atom is 0.422 e. The lowest BCUT2D eigenvalue weighted by molar-refractivity contribution is -0.153. The minimum Gasteiger partial charge on any atom is -0.482 e. The molecule has 1 aliphatic heterocycles. The fraction of sp³-hybridized carbons (Fsp3) is 0.588. The van der Waals surface area contributed by atoms with E-state index in [9.17, 15) is 26.4 Å². The number of alkyl halides is 3. The van der Waals surface area contributed by atoms with Crippen LogP contribution in [0.15, 0.2) is 23.1 Å². The molecule has 0 bridgehead atoms. The van der Waals surface area contributed by atoms with E-state index >= 15 is 0 Å². The van der Waals surface area contributed by atoms with Gasteiger partial charge in [0.15, 0.2) is 6.61 Å². The fourth-order valence-corrected chi connectivity index (χ4v) is 4.68. The molecule has 6 nitrogen and oxygen atoms in total. The number of hydrogen-bond acceptors (Lipinski definition) is 5. The number of sulfonamides is 1. The molecule has 0 aromatic heterocycles. The zero-order valence-electron chi connectivity index (χ0n) is 15.4. The van der Waals surface area contributed by atoms with Gasteiger partial charge in [0.2, 0.25) is 15.9 Å². The second-order valence-electron chi connectivity index (χ2n) is 6.36. The van der Waals surface area contributed by atoms with Crippen molar-refractivity contribution < 1.29 is 31.1 Å². The second kappa shape index (κ2) is 9.84. The van der Waals surface area contributed by atoms with Crippen molar-refractivity contribution in [3.8, 4) is 5.75 Å². The van der Waals surface area contributed by atoms with Crippen LogP contribution in [0.3, 0.4) is 0 Å². The third-order valence-electron chi connectivity index (χ3n) is 4.09. The number of ether oxygens (including phenoxy) is 1. The minimum atomic E-state index is -4.56. The second-order valence-corrected chi connectivity index (χ2v) is 9.17. The van der Waals surface area contributed by atoms with Crippen LogP contribution in [0, 0.1) is 0 Å². The molecule has 1 aliphatic rings. The third kappa shape index (κ3) is 6.56. The van der Waals surface area contributed by atoms with Crippen molar-refractivity contribution in [3.05, 3.63) is 18.2 Å². The van der Waals surface area contributed by atoms with E-state index < -0.39 is 28.7 Å². The number of halogens is 3. The van der Waals surface area contributed by atoms with Crippen LogP contribution in [-0.4, -0.2) is 56.5 Å². The number of thioether (sulfide) groups is 1. The van der Waals surface area contributed by atoms with Crippen LogP contribution in [0.4, 0.5) is 18.9 Å². The first-order chi connectivity index (χ1) is 13.1. The summed E-state index contributed by atoms with van der Waals surface area (Å²) >= 11 is 1.23. The van der Waals surface area contributed by atoms with Gasteiger partial charge in [-0.05, 0) is 37.3 Å². The van der Waals surface area contributed by atoms with E-state index in [2.05, 4.69) is 5.32 Å². The maximum atomic E-state index is 12.9. The van der Waals surface area contributed by atoms with Gasteiger partial charge in [-0.3, -0.25) is 4.79 Å². The molecule has 1 amide bonds. The summed E-state index contributed by atoms with van der Waals surface area (Å²) in [5.41, 5.74) is -0.0980. The van der Waals surface area contributed by atoms with Crippen LogP contribution in [0.1, 0.15) is 25.7 Å². The monoisotopic (exact) mass is 440 g/mol. The van der Waals surface area contributed by atoms with Crippen LogP contribution in [0.2, 0.25) is 0 Å². The van der Waals surface area contributed by atoms with E-state index in [-0.39, 0.29) is 22.1 Å². The zero-order valence-corrected chi connectivity index (χ0v) is 17.1. The van der Waals surface area contributed by atoms with Crippen LogP contribution in [-0.2, 0) is 14.8 Å². The van der Waals surface area contributed by atoms with Crippen molar-refractivity contribution in [3.63, 3.8) is 0 Å². The summed E-state index contributed by atoms with van der Waals surface area (Å²) in [7, 11) is -3.82. The van der Waals surface area contributed by atoms with Gasteiger partial charge in [0.1, 0.15) is 5.75 Å². The molecule has 158 valence electrons. The van der Waals surface area contributed by atoms with E-state index in [1.165, 1.54) is 22.1 Å². The lowest BCUT2D eigenvalue weighted by Gasteiger charge is -2.21. The smallest absolute Gasteiger partial charge is 0.422 e. The third-order valence-corrected chi connectivity index (χ3v) is 6.54. The van der Waals surface area contributed by atoms with E-state index in [1.54, 1.807) is 6.26 Å². The molecular weight excluding hydrogens is 417 g/mol. The molecule has 1 fully saturated rings. The summed E-state index contributed by atoms with van der Waals surface area (Å²) in [4.78, 5) is 11.8. The minimum absolute atomic E-state index is 0.0712. The van der Waals surface area contributed by atoms with Gasteiger partial charge in [-0.2, -0.15) is 29.2 Å². The summed E-state index contributed by atoms with van der Waals surface area (Å²) in [5.74, 6) is -0.628. The molecule has 1 N–H and O–H groups in total. The summed E-state index contributed by atoms with van der Waals surface area (Å²) in [6.45, 7) is -0.762. The number of nitrogens with one attached hydrogen (secondary N) is 1. The number of anilines is 1. The van der Waals surface area contributed by atoms with Gasteiger partial charge in [0.05, 0.1) is 16.3 Å². The highest BCUT2D eigenvalue weighted by atomic mass is 32.2. The van der Waals surface area contributed by atoms with Crippen LogP contribution in [0.5, 0.6) is 5.75 Å². The molecule has 0 saturated carbocycles. The molecule has 0 unspecified atom stereocenters. The van der Waals surface area contributed by atoms with Gasteiger partial charge in [0.25, 0.3) is 0 Å². The quantitative estimate of drug-likeness (QED) is 0.703. The molecule has 1 aromatic rings. The molecule has 28 heavy (non-hydrogen) atoms. The maximum absolute atomic E-state index is 12.9. The normalized spacial score (nSPS) is 16.4. The van der Waals surface area contributed by atoms with Crippen LogP contribution >= 0.6 is 11.8 Å². The molecule has 1 heterocycles. The van der Waals surface area contributed by atoms with Crippen LogP contribution in [0.25, 0.3) is 0 Å². The van der Waals surface area contributed by atoms with Gasteiger partial charge in [-0.25, -0.2) is 8.42 Å². The summed E-state index contributed by atoms with van der Waals surface area (Å²) in [5, 5.41) is 2.44. The molecule has 0 radical (unpaired) electrons. The Balaban J connectivity index is 2.33. The first-order valence-corrected chi connectivity index (χ1v) is 11.6. The largest absolute Gasteiger partial charge is 0.482 e. The van der Waals surface area contributed by atoms with Gasteiger partial charge in [-0.15, -0.1) is 0 Å². The first-order valence-electron chi connectivity index (χ1n) is 8.76. The van der Waals surface area contributed by atoms with Crippen molar-refractivity contribution in [2.45, 2.75) is 36.8 Å². The van der Waals surface area contributed by atoms with Gasteiger partial charge in [-0.1, -0.05) is 12.8 Å². The Labute approximate surface area is 166 Å². The predicted molar refractivity (Wildman–Crippen MR) is 102 cm³/mol. The lowest BCUT2D eigenvalue weighted by Crippen LogP contribution is -2.32. The SMILES string of the molecule is CSCC(=O)Nc1cc(S(=O)(=O)N2CCCCCC2)ccc1OCC(F)(F)F. The molecule has 1 aromatic carbocycles. The van der Waals surface area contributed by atoms with Crippen molar-refractivity contribution in [2.24, 2.45) is 0 Å². The van der Waals surface area contributed by atoms with Gasteiger partial charge in [0, 0.05) is 13.1 Å². The highest BCUT2D eigenvalue weighted by Gasteiger charge is 2.30. The molecule has 11 heteroatoms. The molecule has 2 rings (SSSR count). The van der Waals surface area contributed by atoms with E-state index in [4.69, 9.17) is 4.74 Å². The molecule has 1 saturated heterocycles. The van der Waals surface area contributed by atoms with Crippen molar-refractivity contribution in [1.82, 2.24) is 4.31 Å². The molecule has 0 atom stereocenters. The predicted octanol–water partition coefficient (Wildman–Crippen LogP) is 3.49. The highest BCUT2D eigenvalue weighted by molar-refractivity contribution is 7.99. The standard InChI is InChI=1S/C17H23F3N2O4S2/c1-27-11-16(23)21-14-10-13(6-7-15(14)26-12-17(18,19)20)28(24,25)22-8-4-2-3-5-9-22/h6-7,10H,2-5,8-9,11-12H2,1H3,(H,21,23). The topological polar surface area (TPSA) is 75.7 Å². The van der Waals surface area contributed by atoms with Crippen molar-refractivity contribution >= 4 is 33.4 Å². The lowest BCUT2D eigenvalue weighted by atomic mass is 10.2. The molecule has 0 spiro atoms. The fourth-order valence-electron chi connectivity index (χ4n) is 2.80. The number of rotatable bonds is 7. The number of carbonyl (C=O) groups is 1. The van der Waals surface area contributed by atoms with E-state index in [0.29, 0.717) is 13.1 Å². The summed E-state index contributed by atoms with van der Waals surface area (Å²) in [6, 6.07) is 3.51. The zero-order chi connectivity index (χ0) is 20.8. The van der Waals surface area contributed by atoms with E-state index in [0.717, 1.165) is 37.8 Å². The number of benzene rings is 1. The number of nitrogens with zero attached hydrogens (tertiary/aromatic N) is 1. The Hall–Kier alpha value is -1.46. The van der Waals surface area contributed by atoms with E-state index in [1.807, 2.05) is 0 Å². The highest BCUT2D eigenvalue weighted by Crippen LogP contribution is 2.31. The Morgan fingerprint density at radius 3 is 2.43 bits per heavy atom. The summed E-state index contributed by atoms with van der Waals surface area (Å²) in [6.07, 6.45) is 0.545. The number of carbonyl (C=O) groups excluding carboxylic acids is 1. The average Bonchev–Trinajstić information content (AvgIpc) is 2.90. The van der Waals surface area contributed by atoms with Crippen LogP contribution < -0.4 is 10.1 Å². The van der Waals surface area contributed by atoms with Gasteiger partial charge >= 0.3 is 6.18 Å². The number of hydrogen-bond donors (Lipinski definition) is 1. The first kappa shape index (κ1) is 22.8. The molecule has 0 aliphatic carbocycles. The number of amides is 1. The molecular formula is C17H23F3N2O4S2. The Morgan fingerprint density at radius 2 is 1.86 bits per heavy atom. The van der Waals surface area contributed by atoms with Crippen molar-refractivity contribution in [2.75, 3.05) is 37.0 Å².